The SMILES string of the molecule is CC1CCN(C(=O)CSc2csc(C(=O)O)c2)CC1. The Morgan fingerprint density at radius 3 is 2.74 bits per heavy atom. The van der Waals surface area contributed by atoms with E-state index in [-0.39, 0.29) is 5.91 Å². The first kappa shape index (κ1) is 14.4. The predicted octanol–water partition coefficient (Wildman–Crippen LogP) is 2.80. The molecule has 0 unspecified atom stereocenters. The highest BCUT2D eigenvalue weighted by Crippen LogP contribution is 2.25. The van der Waals surface area contributed by atoms with Crippen molar-refractivity contribution in [1.29, 1.82) is 0 Å². The van der Waals surface area contributed by atoms with Gasteiger partial charge in [0.1, 0.15) is 4.88 Å². The highest BCUT2D eigenvalue weighted by molar-refractivity contribution is 8.00. The van der Waals surface area contributed by atoms with Gasteiger partial charge in [0.25, 0.3) is 0 Å². The third-order valence-electron chi connectivity index (χ3n) is 3.28. The van der Waals surface area contributed by atoms with Gasteiger partial charge >= 0.3 is 5.97 Å². The standard InChI is InChI=1S/C13H17NO3S2/c1-9-2-4-14(5-3-9)12(15)8-18-10-6-11(13(16)17)19-7-10/h6-7,9H,2-5,8H2,1H3,(H,16,17). The summed E-state index contributed by atoms with van der Waals surface area (Å²) in [6.45, 7) is 3.92. The van der Waals surface area contributed by atoms with Crippen LogP contribution < -0.4 is 0 Å². The second-order valence-corrected chi connectivity index (χ2v) is 6.76. The number of carbonyl (C=O) groups excluding carboxylic acids is 1. The number of aromatic carboxylic acids is 1. The first-order valence-electron chi connectivity index (χ1n) is 6.28. The fourth-order valence-electron chi connectivity index (χ4n) is 2.00. The molecule has 1 N–H and O–H groups in total. The number of rotatable bonds is 4. The van der Waals surface area contributed by atoms with Crippen LogP contribution in [0.5, 0.6) is 0 Å². The molecule has 0 atom stereocenters. The van der Waals surface area contributed by atoms with Crippen LogP contribution in [-0.2, 0) is 4.79 Å². The Morgan fingerprint density at radius 1 is 1.47 bits per heavy atom. The van der Waals surface area contributed by atoms with E-state index in [4.69, 9.17) is 5.11 Å². The molecule has 1 aromatic heterocycles. The second-order valence-electron chi connectivity index (χ2n) is 4.80. The number of amides is 1. The minimum atomic E-state index is -0.909. The number of hydrogen-bond acceptors (Lipinski definition) is 4. The number of carbonyl (C=O) groups is 2. The minimum absolute atomic E-state index is 0.153. The number of carboxylic acids is 1. The van der Waals surface area contributed by atoms with E-state index in [2.05, 4.69) is 6.92 Å². The number of piperidine rings is 1. The summed E-state index contributed by atoms with van der Waals surface area (Å²) in [5.74, 6) is 0.351. The van der Waals surface area contributed by atoms with E-state index >= 15 is 0 Å². The lowest BCUT2D eigenvalue weighted by Crippen LogP contribution is -2.38. The van der Waals surface area contributed by atoms with Crippen molar-refractivity contribution in [2.75, 3.05) is 18.8 Å². The van der Waals surface area contributed by atoms with E-state index in [9.17, 15) is 9.59 Å². The van der Waals surface area contributed by atoms with Crippen LogP contribution in [0.2, 0.25) is 0 Å². The fraction of sp³-hybridized carbons (Fsp3) is 0.538. The zero-order chi connectivity index (χ0) is 13.8. The summed E-state index contributed by atoms with van der Waals surface area (Å²) < 4.78 is 0. The minimum Gasteiger partial charge on any atom is -0.477 e. The van der Waals surface area contributed by atoms with Gasteiger partial charge in [-0.2, -0.15) is 0 Å². The molecule has 2 rings (SSSR count). The van der Waals surface area contributed by atoms with Crippen LogP contribution in [0.3, 0.4) is 0 Å². The Bertz CT molecular complexity index is 464. The van der Waals surface area contributed by atoms with Gasteiger partial charge in [-0.25, -0.2) is 4.79 Å². The highest BCUT2D eigenvalue weighted by atomic mass is 32.2. The number of hydrogen-bond donors (Lipinski definition) is 1. The molecule has 2 heterocycles. The molecule has 0 saturated carbocycles. The van der Waals surface area contributed by atoms with Gasteiger partial charge in [-0.15, -0.1) is 23.1 Å². The van der Waals surface area contributed by atoms with Gasteiger partial charge in [0.15, 0.2) is 0 Å². The Kier molecular flexibility index (Phi) is 4.87. The van der Waals surface area contributed by atoms with Crippen LogP contribution in [0.4, 0.5) is 0 Å². The summed E-state index contributed by atoms with van der Waals surface area (Å²) in [5.41, 5.74) is 0. The lowest BCUT2D eigenvalue weighted by molar-refractivity contribution is -0.129. The average Bonchev–Trinajstić information content (AvgIpc) is 2.86. The van der Waals surface area contributed by atoms with Crippen molar-refractivity contribution in [3.63, 3.8) is 0 Å². The van der Waals surface area contributed by atoms with Gasteiger partial charge in [-0.1, -0.05) is 6.92 Å². The maximum absolute atomic E-state index is 12.0. The Hall–Kier alpha value is -1.01. The van der Waals surface area contributed by atoms with Crippen molar-refractivity contribution < 1.29 is 14.7 Å². The molecule has 1 amide bonds. The van der Waals surface area contributed by atoms with E-state index < -0.39 is 5.97 Å². The molecule has 1 saturated heterocycles. The third-order valence-corrected chi connectivity index (χ3v) is 5.31. The largest absolute Gasteiger partial charge is 0.477 e. The molecule has 0 aromatic carbocycles. The van der Waals surface area contributed by atoms with E-state index in [1.54, 1.807) is 11.4 Å². The van der Waals surface area contributed by atoms with Gasteiger partial charge in [0.2, 0.25) is 5.91 Å². The monoisotopic (exact) mass is 299 g/mol. The topological polar surface area (TPSA) is 57.6 Å². The number of thiophene rings is 1. The van der Waals surface area contributed by atoms with Crippen molar-refractivity contribution in [3.05, 3.63) is 16.3 Å². The predicted molar refractivity (Wildman–Crippen MR) is 77.0 cm³/mol. The normalized spacial score (nSPS) is 16.6. The number of carboxylic acid groups (broad SMARTS) is 1. The summed E-state index contributed by atoms with van der Waals surface area (Å²) in [6, 6.07) is 1.63. The van der Waals surface area contributed by atoms with Crippen LogP contribution in [0.15, 0.2) is 16.3 Å². The maximum atomic E-state index is 12.0. The molecule has 1 aromatic rings. The molecule has 1 fully saturated rings. The molecule has 104 valence electrons. The van der Waals surface area contributed by atoms with Crippen molar-refractivity contribution in [1.82, 2.24) is 4.90 Å². The fourth-order valence-corrected chi connectivity index (χ4v) is 3.77. The van der Waals surface area contributed by atoms with Crippen LogP contribution in [0.25, 0.3) is 0 Å². The maximum Gasteiger partial charge on any atom is 0.345 e. The Balaban J connectivity index is 1.81. The van der Waals surface area contributed by atoms with Crippen molar-refractivity contribution in [3.8, 4) is 0 Å². The lowest BCUT2D eigenvalue weighted by atomic mass is 9.99. The van der Waals surface area contributed by atoms with Gasteiger partial charge in [0, 0.05) is 23.4 Å². The molecule has 0 radical (unpaired) electrons. The molecular weight excluding hydrogens is 282 g/mol. The zero-order valence-electron chi connectivity index (χ0n) is 10.8. The van der Waals surface area contributed by atoms with E-state index in [1.807, 2.05) is 4.90 Å². The van der Waals surface area contributed by atoms with E-state index in [0.29, 0.717) is 16.5 Å². The smallest absolute Gasteiger partial charge is 0.345 e. The van der Waals surface area contributed by atoms with Gasteiger partial charge in [-0.05, 0) is 24.8 Å². The lowest BCUT2D eigenvalue weighted by Gasteiger charge is -2.30. The number of nitrogens with zero attached hydrogens (tertiary/aromatic N) is 1. The highest BCUT2D eigenvalue weighted by Gasteiger charge is 2.20. The molecule has 0 spiro atoms. The molecule has 19 heavy (non-hydrogen) atoms. The number of likely N-dealkylation sites (tertiary alicyclic amines) is 1. The molecule has 1 aliphatic rings. The molecular formula is C13H17NO3S2. The van der Waals surface area contributed by atoms with Crippen LogP contribution in [0, 0.1) is 5.92 Å². The van der Waals surface area contributed by atoms with E-state index in [1.165, 1.54) is 23.1 Å². The first-order chi connectivity index (χ1) is 9.06. The molecule has 0 aliphatic carbocycles. The quantitative estimate of drug-likeness (QED) is 0.869. The summed E-state index contributed by atoms with van der Waals surface area (Å²) in [6.07, 6.45) is 2.16. The Labute approximate surface area is 120 Å². The summed E-state index contributed by atoms with van der Waals surface area (Å²) >= 11 is 2.62. The molecule has 6 heteroatoms. The number of thioether (sulfide) groups is 1. The van der Waals surface area contributed by atoms with Crippen molar-refractivity contribution in [2.45, 2.75) is 24.7 Å². The Morgan fingerprint density at radius 2 is 2.16 bits per heavy atom. The summed E-state index contributed by atoms with van der Waals surface area (Å²) in [7, 11) is 0. The summed E-state index contributed by atoms with van der Waals surface area (Å²) in [4.78, 5) is 25.9. The summed E-state index contributed by atoms with van der Waals surface area (Å²) in [5, 5.41) is 10.6. The third kappa shape index (κ3) is 3.98. The van der Waals surface area contributed by atoms with E-state index in [0.717, 1.165) is 30.8 Å². The van der Waals surface area contributed by atoms with Crippen molar-refractivity contribution >= 4 is 35.0 Å². The van der Waals surface area contributed by atoms with Gasteiger partial charge < -0.3 is 10.0 Å². The average molecular weight is 299 g/mol. The first-order valence-corrected chi connectivity index (χ1v) is 8.15. The van der Waals surface area contributed by atoms with Crippen LogP contribution >= 0.6 is 23.1 Å². The molecule has 4 nitrogen and oxygen atoms in total. The van der Waals surface area contributed by atoms with Crippen LogP contribution in [0.1, 0.15) is 29.4 Å². The van der Waals surface area contributed by atoms with Crippen LogP contribution in [-0.4, -0.2) is 40.7 Å². The van der Waals surface area contributed by atoms with Gasteiger partial charge in [-0.3, -0.25) is 4.79 Å². The second kappa shape index (κ2) is 6.43. The molecule has 0 bridgehead atoms. The van der Waals surface area contributed by atoms with Crippen molar-refractivity contribution in [2.24, 2.45) is 5.92 Å². The molecule has 1 aliphatic heterocycles. The zero-order valence-corrected chi connectivity index (χ0v) is 12.4. The van der Waals surface area contributed by atoms with Gasteiger partial charge in [0.05, 0.1) is 5.75 Å².